The first-order valence-electron chi connectivity index (χ1n) is 6.55. The molecule has 5 heteroatoms. The number of Topliss-reactive ketones (excluding diaryl/α,β-unsaturated/α-hetero) is 1. The van der Waals surface area contributed by atoms with Gasteiger partial charge < -0.3 is 10.1 Å². The maximum absolute atomic E-state index is 11.9. The normalized spacial score (nSPS) is 12.4. The summed E-state index contributed by atoms with van der Waals surface area (Å²) in [6.45, 7) is 10.5. The van der Waals surface area contributed by atoms with Gasteiger partial charge in [0.05, 0.1) is 6.04 Å². The van der Waals surface area contributed by atoms with Crippen molar-refractivity contribution in [2.45, 2.75) is 39.3 Å². The minimum absolute atomic E-state index is 0.182. The molecule has 1 N–H and O–H groups in total. The number of nitrogens with one attached hydrogen (secondary N) is 1. The molecule has 0 spiro atoms. The molecule has 1 rings (SSSR count). The van der Waals surface area contributed by atoms with Gasteiger partial charge in [-0.05, 0) is 45.4 Å². The van der Waals surface area contributed by atoms with Crippen molar-refractivity contribution in [1.29, 1.82) is 0 Å². The number of amides is 1. The molecule has 1 aromatic rings. The standard InChI is InChI=1S/C16H20BrNO3/c1-10(11(2)19)14(12-6-8-13(17)9-7-12)18-15(20)21-16(3,4)5/h6-9,14H,1H2,2-5H3,(H,18,20). The molecule has 0 bridgehead atoms. The average molecular weight is 354 g/mol. The predicted octanol–water partition coefficient (Wildman–Crippen LogP) is 4.16. The van der Waals surface area contributed by atoms with E-state index in [1.165, 1.54) is 6.92 Å². The molecule has 0 saturated carbocycles. The summed E-state index contributed by atoms with van der Waals surface area (Å²) in [5.74, 6) is -0.182. The first kappa shape index (κ1) is 17.4. The molecular formula is C16H20BrNO3. The zero-order valence-electron chi connectivity index (χ0n) is 12.7. The van der Waals surface area contributed by atoms with Gasteiger partial charge in [-0.25, -0.2) is 4.79 Å². The average Bonchev–Trinajstić information content (AvgIpc) is 2.34. The highest BCUT2D eigenvalue weighted by molar-refractivity contribution is 9.10. The van der Waals surface area contributed by atoms with Gasteiger partial charge in [-0.3, -0.25) is 4.79 Å². The molecule has 0 fully saturated rings. The Balaban J connectivity index is 2.98. The number of benzene rings is 1. The molecule has 0 radical (unpaired) electrons. The van der Waals surface area contributed by atoms with Crippen LogP contribution in [0, 0.1) is 0 Å². The maximum Gasteiger partial charge on any atom is 0.408 e. The van der Waals surface area contributed by atoms with E-state index < -0.39 is 17.7 Å². The minimum atomic E-state index is -0.606. The van der Waals surface area contributed by atoms with Crippen LogP contribution in [0.2, 0.25) is 0 Å². The lowest BCUT2D eigenvalue weighted by Crippen LogP contribution is -2.36. The van der Waals surface area contributed by atoms with E-state index in [4.69, 9.17) is 4.74 Å². The van der Waals surface area contributed by atoms with Gasteiger partial charge in [-0.1, -0.05) is 34.6 Å². The Kier molecular flexibility index (Phi) is 5.72. The molecule has 1 amide bonds. The summed E-state index contributed by atoms with van der Waals surface area (Å²) in [5.41, 5.74) is 0.471. The Bertz CT molecular complexity index is 544. The van der Waals surface area contributed by atoms with E-state index in [1.807, 2.05) is 24.3 Å². The summed E-state index contributed by atoms with van der Waals surface area (Å²) in [6.07, 6.45) is -0.585. The third kappa shape index (κ3) is 5.71. The van der Waals surface area contributed by atoms with Gasteiger partial charge in [0.15, 0.2) is 5.78 Å². The van der Waals surface area contributed by atoms with E-state index in [2.05, 4.69) is 27.8 Å². The predicted molar refractivity (Wildman–Crippen MR) is 86.1 cm³/mol. The number of carbonyl (C=O) groups excluding carboxylic acids is 2. The highest BCUT2D eigenvalue weighted by Crippen LogP contribution is 2.23. The summed E-state index contributed by atoms with van der Waals surface area (Å²) in [7, 11) is 0. The van der Waals surface area contributed by atoms with Crippen molar-refractivity contribution < 1.29 is 14.3 Å². The van der Waals surface area contributed by atoms with Crippen LogP contribution in [0.4, 0.5) is 4.79 Å². The number of halogens is 1. The number of ether oxygens (including phenoxy) is 1. The zero-order chi connectivity index (χ0) is 16.2. The quantitative estimate of drug-likeness (QED) is 0.826. The zero-order valence-corrected chi connectivity index (χ0v) is 14.3. The second kappa shape index (κ2) is 6.89. The third-order valence-electron chi connectivity index (χ3n) is 2.67. The first-order chi connectivity index (χ1) is 9.60. The lowest BCUT2D eigenvalue weighted by molar-refractivity contribution is -0.113. The second-order valence-electron chi connectivity index (χ2n) is 5.71. The Morgan fingerprint density at radius 3 is 2.19 bits per heavy atom. The van der Waals surface area contributed by atoms with Crippen LogP contribution >= 0.6 is 15.9 Å². The molecule has 0 aromatic heterocycles. The van der Waals surface area contributed by atoms with Gasteiger partial charge in [0.1, 0.15) is 5.60 Å². The largest absolute Gasteiger partial charge is 0.444 e. The van der Waals surface area contributed by atoms with Crippen molar-refractivity contribution >= 4 is 27.8 Å². The molecule has 4 nitrogen and oxygen atoms in total. The number of hydrogen-bond donors (Lipinski definition) is 1. The number of ketones is 1. The maximum atomic E-state index is 11.9. The molecular weight excluding hydrogens is 334 g/mol. The van der Waals surface area contributed by atoms with E-state index in [1.54, 1.807) is 20.8 Å². The topological polar surface area (TPSA) is 55.4 Å². The summed E-state index contributed by atoms with van der Waals surface area (Å²) in [6, 6.07) is 6.71. The van der Waals surface area contributed by atoms with E-state index in [0.717, 1.165) is 10.0 Å². The van der Waals surface area contributed by atoms with Crippen LogP contribution in [-0.4, -0.2) is 17.5 Å². The Labute approximate surface area is 133 Å². The molecule has 21 heavy (non-hydrogen) atoms. The fourth-order valence-corrected chi connectivity index (χ4v) is 1.92. The fraction of sp³-hybridized carbons (Fsp3) is 0.375. The third-order valence-corrected chi connectivity index (χ3v) is 3.19. The molecule has 0 aliphatic heterocycles. The lowest BCUT2D eigenvalue weighted by Gasteiger charge is -2.24. The number of rotatable bonds is 4. The molecule has 0 saturated heterocycles. The highest BCUT2D eigenvalue weighted by Gasteiger charge is 2.24. The van der Waals surface area contributed by atoms with Crippen LogP contribution in [0.15, 0.2) is 40.9 Å². The van der Waals surface area contributed by atoms with E-state index in [9.17, 15) is 9.59 Å². The monoisotopic (exact) mass is 353 g/mol. The molecule has 0 aliphatic rings. The van der Waals surface area contributed by atoms with Crippen LogP contribution in [0.25, 0.3) is 0 Å². The van der Waals surface area contributed by atoms with Crippen LogP contribution in [0.5, 0.6) is 0 Å². The van der Waals surface area contributed by atoms with Crippen LogP contribution in [0.1, 0.15) is 39.3 Å². The first-order valence-corrected chi connectivity index (χ1v) is 7.34. The summed E-state index contributed by atoms with van der Waals surface area (Å²) >= 11 is 3.35. The SMILES string of the molecule is C=C(C(C)=O)C(NC(=O)OC(C)(C)C)c1ccc(Br)cc1. The van der Waals surface area contributed by atoms with Crippen molar-refractivity contribution in [3.63, 3.8) is 0 Å². The van der Waals surface area contributed by atoms with E-state index >= 15 is 0 Å². The van der Waals surface area contributed by atoms with Crippen molar-refractivity contribution in [1.82, 2.24) is 5.32 Å². The highest BCUT2D eigenvalue weighted by atomic mass is 79.9. The van der Waals surface area contributed by atoms with E-state index in [-0.39, 0.29) is 5.78 Å². The van der Waals surface area contributed by atoms with E-state index in [0.29, 0.717) is 5.57 Å². The second-order valence-corrected chi connectivity index (χ2v) is 6.63. The Morgan fingerprint density at radius 2 is 1.76 bits per heavy atom. The molecule has 1 unspecified atom stereocenters. The van der Waals surface area contributed by atoms with Crippen molar-refractivity contribution in [2.75, 3.05) is 0 Å². The Morgan fingerprint density at radius 1 is 1.24 bits per heavy atom. The van der Waals surface area contributed by atoms with Gasteiger partial charge in [0.25, 0.3) is 0 Å². The fourth-order valence-electron chi connectivity index (χ4n) is 1.66. The van der Waals surface area contributed by atoms with Crippen LogP contribution in [0.3, 0.4) is 0 Å². The number of carbonyl (C=O) groups is 2. The lowest BCUT2D eigenvalue weighted by atomic mass is 9.97. The van der Waals surface area contributed by atoms with Gasteiger partial charge >= 0.3 is 6.09 Å². The molecule has 0 aliphatic carbocycles. The van der Waals surface area contributed by atoms with Gasteiger partial charge in [0, 0.05) is 10.0 Å². The number of alkyl carbamates (subject to hydrolysis) is 1. The minimum Gasteiger partial charge on any atom is -0.444 e. The summed E-state index contributed by atoms with van der Waals surface area (Å²) in [5, 5.41) is 2.69. The van der Waals surface area contributed by atoms with Crippen molar-refractivity contribution in [2.24, 2.45) is 0 Å². The smallest absolute Gasteiger partial charge is 0.408 e. The van der Waals surface area contributed by atoms with Gasteiger partial charge in [-0.15, -0.1) is 0 Å². The molecule has 114 valence electrons. The van der Waals surface area contributed by atoms with Crippen LogP contribution in [-0.2, 0) is 9.53 Å². The summed E-state index contributed by atoms with van der Waals surface area (Å²) < 4.78 is 6.14. The van der Waals surface area contributed by atoms with Crippen LogP contribution < -0.4 is 5.32 Å². The van der Waals surface area contributed by atoms with Gasteiger partial charge in [-0.2, -0.15) is 0 Å². The van der Waals surface area contributed by atoms with Crippen molar-refractivity contribution in [3.8, 4) is 0 Å². The van der Waals surface area contributed by atoms with Gasteiger partial charge in [0.2, 0.25) is 0 Å². The Hall–Kier alpha value is -1.62. The summed E-state index contributed by atoms with van der Waals surface area (Å²) in [4.78, 5) is 23.5. The molecule has 0 heterocycles. The molecule has 1 aromatic carbocycles. The van der Waals surface area contributed by atoms with Crippen molar-refractivity contribution in [3.05, 3.63) is 46.5 Å². The molecule has 1 atom stereocenters. The number of hydrogen-bond acceptors (Lipinski definition) is 3.